The van der Waals surface area contributed by atoms with E-state index in [1.165, 1.54) is 4.68 Å². The monoisotopic (exact) mass is 247 g/mol. The summed E-state index contributed by atoms with van der Waals surface area (Å²) in [6.07, 6.45) is -4.13. The minimum absolute atomic E-state index is 0.0311. The van der Waals surface area contributed by atoms with Crippen molar-refractivity contribution in [2.45, 2.75) is 25.4 Å². The summed E-state index contributed by atoms with van der Waals surface area (Å²) >= 11 is 0. The third-order valence-corrected chi connectivity index (χ3v) is 3.15. The number of aromatic nitrogens is 2. The Hall–Kier alpha value is -1.53. The summed E-state index contributed by atoms with van der Waals surface area (Å²) in [5, 5.41) is 3.88. The predicted octanol–water partition coefficient (Wildman–Crippen LogP) is 1.19. The van der Waals surface area contributed by atoms with E-state index in [2.05, 4.69) is 5.10 Å². The second kappa shape index (κ2) is 3.75. The summed E-state index contributed by atoms with van der Waals surface area (Å²) < 4.78 is 39.3. The number of nitrogens with two attached hydrogens (primary N) is 1. The molecular formula is C10H12F3N3O. The van der Waals surface area contributed by atoms with Gasteiger partial charge in [0.1, 0.15) is 0 Å². The number of primary amides is 1. The Morgan fingerprint density at radius 2 is 2.18 bits per heavy atom. The highest BCUT2D eigenvalue weighted by molar-refractivity contribution is 5.92. The number of carbonyl (C=O) groups is 1. The van der Waals surface area contributed by atoms with Gasteiger partial charge in [-0.05, 0) is 19.3 Å². The number of amides is 1. The van der Waals surface area contributed by atoms with Crippen LogP contribution in [0.3, 0.4) is 0 Å². The average molecular weight is 247 g/mol. The Morgan fingerprint density at radius 1 is 1.53 bits per heavy atom. The molecule has 0 aliphatic heterocycles. The van der Waals surface area contributed by atoms with E-state index in [1.807, 2.05) is 0 Å². The van der Waals surface area contributed by atoms with Crippen LogP contribution < -0.4 is 5.73 Å². The molecule has 0 fully saturated rings. The fourth-order valence-corrected chi connectivity index (χ4v) is 2.27. The normalized spacial score (nSPS) is 20.1. The molecule has 4 nitrogen and oxygen atoms in total. The molecule has 1 amide bonds. The molecule has 0 spiro atoms. The molecule has 0 radical (unpaired) electrons. The standard InChI is InChI=1S/C10H12F3N3O/c1-16-7-3-2-5(10(11,12)13)4-6(7)8(15-16)9(14)17/h5H,2-4H2,1H3,(H2,14,17). The molecule has 0 aromatic carbocycles. The lowest BCUT2D eigenvalue weighted by molar-refractivity contribution is -0.177. The van der Waals surface area contributed by atoms with Gasteiger partial charge >= 0.3 is 6.18 Å². The molecule has 7 heteroatoms. The topological polar surface area (TPSA) is 60.9 Å². The summed E-state index contributed by atoms with van der Waals surface area (Å²) in [7, 11) is 1.61. The molecule has 1 heterocycles. The zero-order valence-corrected chi connectivity index (χ0v) is 9.21. The third-order valence-electron chi connectivity index (χ3n) is 3.15. The quantitative estimate of drug-likeness (QED) is 0.810. The molecule has 1 aliphatic rings. The molecule has 94 valence electrons. The molecule has 2 rings (SSSR count). The van der Waals surface area contributed by atoms with Gasteiger partial charge in [0, 0.05) is 18.3 Å². The van der Waals surface area contributed by atoms with Crippen LogP contribution in [0.15, 0.2) is 0 Å². The summed E-state index contributed by atoms with van der Waals surface area (Å²) in [6.45, 7) is 0. The van der Waals surface area contributed by atoms with Crippen molar-refractivity contribution in [3.05, 3.63) is 17.0 Å². The lowest BCUT2D eigenvalue weighted by atomic mass is 9.86. The van der Waals surface area contributed by atoms with Crippen LogP contribution in [0.4, 0.5) is 13.2 Å². The molecule has 1 unspecified atom stereocenters. The van der Waals surface area contributed by atoms with E-state index < -0.39 is 18.0 Å². The van der Waals surface area contributed by atoms with E-state index in [0.717, 1.165) is 0 Å². The second-order valence-corrected chi connectivity index (χ2v) is 4.24. The first-order chi connectivity index (χ1) is 7.80. The molecule has 0 bridgehead atoms. The van der Waals surface area contributed by atoms with Crippen LogP contribution in [0.2, 0.25) is 0 Å². The highest BCUT2D eigenvalue weighted by Crippen LogP contribution is 2.37. The molecule has 17 heavy (non-hydrogen) atoms. The summed E-state index contributed by atoms with van der Waals surface area (Å²) in [5.74, 6) is -2.18. The Morgan fingerprint density at radius 3 is 2.71 bits per heavy atom. The zero-order chi connectivity index (χ0) is 12.8. The van der Waals surface area contributed by atoms with Crippen molar-refractivity contribution in [3.63, 3.8) is 0 Å². The molecule has 1 aromatic heterocycles. The minimum atomic E-state index is -4.23. The maximum Gasteiger partial charge on any atom is 0.392 e. The number of hydrogen-bond donors (Lipinski definition) is 1. The zero-order valence-electron chi connectivity index (χ0n) is 9.21. The number of alkyl halides is 3. The summed E-state index contributed by atoms with van der Waals surface area (Å²) in [6, 6.07) is 0. The first kappa shape index (κ1) is 11.9. The van der Waals surface area contributed by atoms with Crippen LogP contribution >= 0.6 is 0 Å². The largest absolute Gasteiger partial charge is 0.392 e. The average Bonchev–Trinajstić information content (AvgIpc) is 2.54. The van der Waals surface area contributed by atoms with Crippen molar-refractivity contribution in [3.8, 4) is 0 Å². The van der Waals surface area contributed by atoms with Crippen LogP contribution in [0.25, 0.3) is 0 Å². The third kappa shape index (κ3) is 2.01. The first-order valence-electron chi connectivity index (χ1n) is 5.22. The Bertz CT molecular complexity index is 464. The van der Waals surface area contributed by atoms with Gasteiger partial charge in [0.25, 0.3) is 5.91 Å². The van der Waals surface area contributed by atoms with Gasteiger partial charge in [-0.15, -0.1) is 0 Å². The molecule has 1 aliphatic carbocycles. The molecule has 1 atom stereocenters. The van der Waals surface area contributed by atoms with Gasteiger partial charge in [0.05, 0.1) is 5.92 Å². The molecule has 0 saturated heterocycles. The number of rotatable bonds is 1. The maximum atomic E-state index is 12.6. The number of aryl methyl sites for hydroxylation is 1. The molecular weight excluding hydrogens is 235 g/mol. The first-order valence-corrected chi connectivity index (χ1v) is 5.22. The predicted molar refractivity (Wildman–Crippen MR) is 53.3 cm³/mol. The summed E-state index contributed by atoms with van der Waals surface area (Å²) in [4.78, 5) is 11.1. The number of fused-ring (bicyclic) bond motifs is 1. The van der Waals surface area contributed by atoms with Gasteiger partial charge in [-0.25, -0.2) is 0 Å². The number of carbonyl (C=O) groups excluding carboxylic acids is 1. The fourth-order valence-electron chi connectivity index (χ4n) is 2.27. The number of hydrogen-bond acceptors (Lipinski definition) is 2. The fraction of sp³-hybridized carbons (Fsp3) is 0.600. The number of halogens is 3. The van der Waals surface area contributed by atoms with Gasteiger partial charge < -0.3 is 5.73 Å². The van der Waals surface area contributed by atoms with Crippen molar-refractivity contribution >= 4 is 5.91 Å². The van der Waals surface area contributed by atoms with E-state index >= 15 is 0 Å². The van der Waals surface area contributed by atoms with Gasteiger partial charge in [-0.2, -0.15) is 18.3 Å². The van der Waals surface area contributed by atoms with Crippen molar-refractivity contribution in [2.24, 2.45) is 18.7 Å². The van der Waals surface area contributed by atoms with E-state index in [4.69, 9.17) is 5.73 Å². The van der Waals surface area contributed by atoms with Crippen molar-refractivity contribution < 1.29 is 18.0 Å². The van der Waals surface area contributed by atoms with Gasteiger partial charge in [-0.3, -0.25) is 9.48 Å². The van der Waals surface area contributed by atoms with Crippen LogP contribution in [0.1, 0.15) is 28.2 Å². The Kier molecular flexibility index (Phi) is 2.63. The van der Waals surface area contributed by atoms with Gasteiger partial charge in [0.2, 0.25) is 0 Å². The van der Waals surface area contributed by atoms with E-state index in [9.17, 15) is 18.0 Å². The van der Waals surface area contributed by atoms with Gasteiger partial charge in [0.15, 0.2) is 5.69 Å². The highest BCUT2D eigenvalue weighted by Gasteiger charge is 2.43. The lowest BCUT2D eigenvalue weighted by Crippen LogP contribution is -2.30. The van der Waals surface area contributed by atoms with Crippen molar-refractivity contribution in [2.75, 3.05) is 0 Å². The maximum absolute atomic E-state index is 12.6. The van der Waals surface area contributed by atoms with Crippen LogP contribution in [0, 0.1) is 5.92 Å². The highest BCUT2D eigenvalue weighted by atomic mass is 19.4. The number of nitrogens with zero attached hydrogens (tertiary/aromatic N) is 2. The van der Waals surface area contributed by atoms with Crippen LogP contribution in [-0.4, -0.2) is 21.9 Å². The lowest BCUT2D eigenvalue weighted by Gasteiger charge is -2.24. The molecule has 0 saturated carbocycles. The summed E-state index contributed by atoms with van der Waals surface area (Å²) in [5.41, 5.74) is 6.11. The van der Waals surface area contributed by atoms with Gasteiger partial charge in [-0.1, -0.05) is 0 Å². The van der Waals surface area contributed by atoms with Crippen LogP contribution in [-0.2, 0) is 19.9 Å². The SMILES string of the molecule is Cn1nc(C(N)=O)c2c1CCC(C(F)(F)F)C2. The van der Waals surface area contributed by atoms with Crippen molar-refractivity contribution in [1.82, 2.24) is 9.78 Å². The minimum Gasteiger partial charge on any atom is -0.364 e. The van der Waals surface area contributed by atoms with Crippen molar-refractivity contribution in [1.29, 1.82) is 0 Å². The van der Waals surface area contributed by atoms with E-state index in [-0.39, 0.29) is 25.0 Å². The Balaban J connectivity index is 2.39. The Labute approximate surface area is 95.6 Å². The molecule has 2 N–H and O–H groups in total. The smallest absolute Gasteiger partial charge is 0.364 e. The molecule has 1 aromatic rings. The second-order valence-electron chi connectivity index (χ2n) is 4.24. The van der Waals surface area contributed by atoms with E-state index in [0.29, 0.717) is 11.3 Å². The van der Waals surface area contributed by atoms with Crippen LogP contribution in [0.5, 0.6) is 0 Å². The van der Waals surface area contributed by atoms with E-state index in [1.54, 1.807) is 7.05 Å².